The first-order valence-electron chi connectivity index (χ1n) is 5.82. The first kappa shape index (κ1) is 8.72. The number of nitrogens with zero attached hydrogens (tertiary/aromatic N) is 1. The summed E-state index contributed by atoms with van der Waals surface area (Å²) in [6.45, 7) is 1.36. The maximum Gasteiger partial charge on any atom is 0.237 e. The molecule has 0 aromatic rings. The molecule has 0 radical (unpaired) electrons. The van der Waals surface area contributed by atoms with Crippen molar-refractivity contribution < 1.29 is 4.79 Å². The number of nitrogens with one attached hydrogen (secondary N) is 1. The van der Waals surface area contributed by atoms with Gasteiger partial charge in [0.1, 0.15) is 0 Å². The van der Waals surface area contributed by atoms with E-state index < -0.39 is 0 Å². The summed E-state index contributed by atoms with van der Waals surface area (Å²) in [7, 11) is 0. The van der Waals surface area contributed by atoms with Crippen LogP contribution in [0.25, 0.3) is 0 Å². The third-order valence-electron chi connectivity index (χ3n) is 4.25. The number of hydrogen-bond donors (Lipinski definition) is 1. The van der Waals surface area contributed by atoms with E-state index >= 15 is 0 Å². The van der Waals surface area contributed by atoms with Crippen molar-refractivity contribution in [3.8, 4) is 0 Å². The molecule has 1 heterocycles. The van der Waals surface area contributed by atoms with Gasteiger partial charge in [-0.1, -0.05) is 19.3 Å². The fourth-order valence-electron chi connectivity index (χ4n) is 3.32. The molecule has 2 saturated carbocycles. The molecule has 1 N–H and O–H groups in total. The van der Waals surface area contributed by atoms with Gasteiger partial charge in [0, 0.05) is 6.04 Å². The Balaban J connectivity index is 1.68. The highest BCUT2D eigenvalue weighted by atomic mass is 16.2. The molecule has 1 spiro atoms. The summed E-state index contributed by atoms with van der Waals surface area (Å²) in [6.07, 6.45) is 8.17. The van der Waals surface area contributed by atoms with Crippen LogP contribution in [0.2, 0.25) is 0 Å². The molecule has 3 nitrogen and oxygen atoms in total. The third kappa shape index (κ3) is 1.18. The van der Waals surface area contributed by atoms with Crippen LogP contribution in [0.15, 0.2) is 0 Å². The van der Waals surface area contributed by atoms with Gasteiger partial charge in [-0.15, -0.1) is 0 Å². The lowest BCUT2D eigenvalue weighted by Crippen LogP contribution is -2.33. The molecule has 3 heteroatoms. The van der Waals surface area contributed by atoms with E-state index in [-0.39, 0.29) is 0 Å². The average molecular weight is 194 g/mol. The Hall–Kier alpha value is -0.570. The summed E-state index contributed by atoms with van der Waals surface area (Å²) in [5, 5.41) is 3.14. The van der Waals surface area contributed by atoms with Gasteiger partial charge in [-0.2, -0.15) is 0 Å². The third-order valence-corrected chi connectivity index (χ3v) is 4.25. The molecule has 0 aromatic heterocycles. The second-order valence-corrected chi connectivity index (χ2v) is 5.09. The van der Waals surface area contributed by atoms with Crippen molar-refractivity contribution in [2.45, 2.75) is 44.6 Å². The van der Waals surface area contributed by atoms with Crippen LogP contribution in [0.3, 0.4) is 0 Å². The Kier molecular flexibility index (Phi) is 1.84. The van der Waals surface area contributed by atoms with Gasteiger partial charge in [0.15, 0.2) is 0 Å². The van der Waals surface area contributed by atoms with Gasteiger partial charge in [0.25, 0.3) is 0 Å². The second-order valence-electron chi connectivity index (χ2n) is 5.09. The lowest BCUT2D eigenvalue weighted by atomic mass is 9.85. The minimum Gasteiger partial charge on any atom is -0.325 e. The molecule has 14 heavy (non-hydrogen) atoms. The van der Waals surface area contributed by atoms with Crippen LogP contribution >= 0.6 is 0 Å². The maximum absolute atomic E-state index is 11.5. The molecular formula is C11H18N2O. The summed E-state index contributed by atoms with van der Waals surface area (Å²) in [4.78, 5) is 13.6. The maximum atomic E-state index is 11.5. The minimum absolute atomic E-state index is 0.317. The van der Waals surface area contributed by atoms with Crippen LogP contribution in [0, 0.1) is 5.41 Å². The first-order valence-corrected chi connectivity index (χ1v) is 5.82. The van der Waals surface area contributed by atoms with Crippen LogP contribution in [0.4, 0.5) is 0 Å². The van der Waals surface area contributed by atoms with Gasteiger partial charge >= 0.3 is 0 Å². The quantitative estimate of drug-likeness (QED) is 0.678. The fraction of sp³-hybridized carbons (Fsp3) is 0.909. The highest BCUT2D eigenvalue weighted by Crippen LogP contribution is 2.58. The van der Waals surface area contributed by atoms with Crippen LogP contribution < -0.4 is 5.32 Å². The van der Waals surface area contributed by atoms with Crippen molar-refractivity contribution >= 4 is 5.91 Å². The van der Waals surface area contributed by atoms with Gasteiger partial charge in [-0.05, 0) is 24.7 Å². The Morgan fingerprint density at radius 2 is 2.07 bits per heavy atom. The standard InChI is InChI=1S/C11H18N2O/c14-10-7-12-8-13(10)9-6-11(9)4-2-1-3-5-11/h9,12H,1-8H2. The highest BCUT2D eigenvalue weighted by Gasteiger charge is 2.58. The van der Waals surface area contributed by atoms with Crippen LogP contribution in [0.5, 0.6) is 0 Å². The molecule has 0 bridgehead atoms. The van der Waals surface area contributed by atoms with E-state index in [0.717, 1.165) is 6.67 Å². The summed E-state index contributed by atoms with van der Waals surface area (Å²) < 4.78 is 0. The Bertz CT molecular complexity index is 258. The van der Waals surface area contributed by atoms with E-state index in [1.165, 1.54) is 38.5 Å². The number of amides is 1. The zero-order valence-electron chi connectivity index (χ0n) is 8.59. The molecule has 2 aliphatic carbocycles. The molecule has 3 rings (SSSR count). The van der Waals surface area contributed by atoms with Gasteiger partial charge in [0.2, 0.25) is 5.91 Å². The second kappa shape index (κ2) is 2.96. The van der Waals surface area contributed by atoms with Gasteiger partial charge in [0.05, 0.1) is 13.2 Å². The molecule has 1 atom stereocenters. The lowest BCUT2D eigenvalue weighted by Gasteiger charge is -2.25. The van der Waals surface area contributed by atoms with E-state index in [0.29, 0.717) is 23.9 Å². The summed E-state index contributed by atoms with van der Waals surface area (Å²) in [6, 6.07) is 0.588. The molecular weight excluding hydrogens is 176 g/mol. The zero-order valence-corrected chi connectivity index (χ0v) is 8.59. The molecule has 3 aliphatic rings. The van der Waals surface area contributed by atoms with E-state index in [9.17, 15) is 4.79 Å². The smallest absolute Gasteiger partial charge is 0.237 e. The first-order chi connectivity index (χ1) is 6.82. The molecule has 1 unspecified atom stereocenters. The molecule has 1 aliphatic heterocycles. The Morgan fingerprint density at radius 1 is 1.29 bits per heavy atom. The average Bonchev–Trinajstić information content (AvgIpc) is 2.70. The Labute approximate surface area is 84.8 Å². The van der Waals surface area contributed by atoms with E-state index in [1.54, 1.807) is 0 Å². The number of carbonyl (C=O) groups is 1. The zero-order chi connectivity index (χ0) is 9.60. The molecule has 3 fully saturated rings. The summed E-state index contributed by atoms with van der Waals surface area (Å²) in [5.41, 5.74) is 0.555. The number of carbonyl (C=O) groups excluding carboxylic acids is 1. The topological polar surface area (TPSA) is 32.3 Å². The normalized spacial score (nSPS) is 35.3. The van der Waals surface area contributed by atoms with Crippen molar-refractivity contribution in [2.24, 2.45) is 5.41 Å². The molecule has 0 aromatic carbocycles. The van der Waals surface area contributed by atoms with Crippen molar-refractivity contribution in [1.82, 2.24) is 10.2 Å². The predicted molar refractivity (Wildman–Crippen MR) is 53.6 cm³/mol. The van der Waals surface area contributed by atoms with Crippen molar-refractivity contribution in [2.75, 3.05) is 13.2 Å². The van der Waals surface area contributed by atoms with Crippen molar-refractivity contribution in [1.29, 1.82) is 0 Å². The summed E-state index contributed by atoms with van der Waals surface area (Å²) in [5.74, 6) is 0.317. The van der Waals surface area contributed by atoms with Crippen molar-refractivity contribution in [3.63, 3.8) is 0 Å². The van der Waals surface area contributed by atoms with Gasteiger partial charge in [-0.3, -0.25) is 10.1 Å². The SMILES string of the molecule is O=C1CNCN1C1CC12CCCCC2. The van der Waals surface area contributed by atoms with Gasteiger partial charge < -0.3 is 4.90 Å². The minimum atomic E-state index is 0.317. The van der Waals surface area contributed by atoms with Crippen LogP contribution in [0.1, 0.15) is 38.5 Å². The molecule has 1 saturated heterocycles. The predicted octanol–water partition coefficient (Wildman–Crippen LogP) is 1.10. The highest BCUT2D eigenvalue weighted by molar-refractivity contribution is 5.80. The summed E-state index contributed by atoms with van der Waals surface area (Å²) >= 11 is 0. The molecule has 1 amide bonds. The van der Waals surface area contributed by atoms with Gasteiger partial charge in [-0.25, -0.2) is 0 Å². The van der Waals surface area contributed by atoms with Crippen molar-refractivity contribution in [3.05, 3.63) is 0 Å². The van der Waals surface area contributed by atoms with Crippen LogP contribution in [-0.4, -0.2) is 30.1 Å². The Morgan fingerprint density at radius 3 is 2.71 bits per heavy atom. The molecule has 78 valence electrons. The van der Waals surface area contributed by atoms with E-state index in [2.05, 4.69) is 10.2 Å². The number of rotatable bonds is 1. The monoisotopic (exact) mass is 194 g/mol. The number of hydrogen-bond acceptors (Lipinski definition) is 2. The fourth-order valence-corrected chi connectivity index (χ4v) is 3.32. The lowest BCUT2D eigenvalue weighted by molar-refractivity contribution is -0.127. The van der Waals surface area contributed by atoms with E-state index in [1.807, 2.05) is 0 Å². The largest absolute Gasteiger partial charge is 0.325 e. The van der Waals surface area contributed by atoms with E-state index in [4.69, 9.17) is 0 Å². The van der Waals surface area contributed by atoms with Crippen LogP contribution in [-0.2, 0) is 4.79 Å².